The lowest BCUT2D eigenvalue weighted by Crippen LogP contribution is -2.49. The maximum absolute atomic E-state index is 3.83. The lowest BCUT2D eigenvalue weighted by atomic mass is 9.79. The van der Waals surface area contributed by atoms with Crippen LogP contribution < -0.4 is 5.32 Å². The van der Waals surface area contributed by atoms with E-state index in [0.29, 0.717) is 5.54 Å². The molecule has 2 rings (SSSR count). The third kappa shape index (κ3) is 3.23. The lowest BCUT2D eigenvalue weighted by Gasteiger charge is -2.40. The Morgan fingerprint density at radius 2 is 2.18 bits per heavy atom. The summed E-state index contributed by atoms with van der Waals surface area (Å²) in [6.45, 7) is 10.9. The molecule has 0 bridgehead atoms. The normalized spacial score (nSPS) is 35.6. The molecule has 2 heterocycles. The summed E-state index contributed by atoms with van der Waals surface area (Å²) < 4.78 is 0. The minimum atomic E-state index is 0.482. The van der Waals surface area contributed by atoms with E-state index in [4.69, 9.17) is 0 Å². The third-order valence-corrected chi connectivity index (χ3v) is 4.99. The second-order valence-electron chi connectivity index (χ2n) is 6.47. The zero-order chi connectivity index (χ0) is 12.3. The fraction of sp³-hybridized carbons (Fsp3) is 1.00. The van der Waals surface area contributed by atoms with Crippen molar-refractivity contribution in [1.29, 1.82) is 0 Å². The van der Waals surface area contributed by atoms with E-state index in [1.54, 1.807) is 0 Å². The molecule has 0 aromatic rings. The second kappa shape index (κ2) is 5.71. The minimum absolute atomic E-state index is 0.482. The molecule has 2 atom stereocenters. The van der Waals surface area contributed by atoms with Gasteiger partial charge in [-0.2, -0.15) is 0 Å². The molecular weight excluding hydrogens is 208 g/mol. The Labute approximate surface area is 107 Å². The molecule has 2 fully saturated rings. The Kier molecular flexibility index (Phi) is 4.48. The molecule has 2 nitrogen and oxygen atoms in total. The number of likely N-dealkylation sites (tertiary alicyclic amines) is 1. The molecule has 0 aromatic heterocycles. The molecule has 0 spiro atoms. The molecule has 0 amide bonds. The van der Waals surface area contributed by atoms with Crippen molar-refractivity contribution < 1.29 is 0 Å². The van der Waals surface area contributed by atoms with Crippen molar-refractivity contribution in [3.8, 4) is 0 Å². The van der Waals surface area contributed by atoms with Crippen molar-refractivity contribution in [2.75, 3.05) is 19.6 Å². The SMILES string of the molecule is CCC1(CC2CCN(C(C)C)C2)CCCCN1. The van der Waals surface area contributed by atoms with Gasteiger partial charge in [-0.05, 0) is 65.0 Å². The van der Waals surface area contributed by atoms with Crippen molar-refractivity contribution in [2.45, 2.75) is 70.9 Å². The molecule has 1 N–H and O–H groups in total. The van der Waals surface area contributed by atoms with Gasteiger partial charge in [-0.15, -0.1) is 0 Å². The summed E-state index contributed by atoms with van der Waals surface area (Å²) in [4.78, 5) is 2.65. The summed E-state index contributed by atoms with van der Waals surface area (Å²) in [5, 5.41) is 3.83. The number of rotatable bonds is 4. The van der Waals surface area contributed by atoms with E-state index in [9.17, 15) is 0 Å². The van der Waals surface area contributed by atoms with Gasteiger partial charge in [0.05, 0.1) is 0 Å². The first-order valence-electron chi connectivity index (χ1n) is 7.64. The highest BCUT2D eigenvalue weighted by atomic mass is 15.2. The van der Waals surface area contributed by atoms with Gasteiger partial charge >= 0.3 is 0 Å². The molecular formula is C15H30N2. The Bertz CT molecular complexity index is 231. The fourth-order valence-corrected chi connectivity index (χ4v) is 3.70. The fourth-order valence-electron chi connectivity index (χ4n) is 3.70. The number of hydrogen-bond donors (Lipinski definition) is 1. The zero-order valence-corrected chi connectivity index (χ0v) is 12.0. The van der Waals surface area contributed by atoms with Gasteiger partial charge in [-0.1, -0.05) is 13.3 Å². The largest absolute Gasteiger partial charge is 0.311 e. The van der Waals surface area contributed by atoms with Crippen LogP contribution in [0.25, 0.3) is 0 Å². The van der Waals surface area contributed by atoms with Gasteiger partial charge in [0.15, 0.2) is 0 Å². The zero-order valence-electron chi connectivity index (χ0n) is 12.0. The Balaban J connectivity index is 1.87. The maximum Gasteiger partial charge on any atom is 0.0182 e. The highest BCUT2D eigenvalue weighted by molar-refractivity contribution is 4.93. The molecule has 0 radical (unpaired) electrons. The topological polar surface area (TPSA) is 15.3 Å². The Hall–Kier alpha value is -0.0800. The van der Waals surface area contributed by atoms with Crippen molar-refractivity contribution in [3.05, 3.63) is 0 Å². The second-order valence-corrected chi connectivity index (χ2v) is 6.47. The van der Waals surface area contributed by atoms with Gasteiger partial charge in [-0.3, -0.25) is 0 Å². The predicted octanol–water partition coefficient (Wildman–Crippen LogP) is 3.03. The standard InChI is InChI=1S/C15H30N2/c1-4-15(8-5-6-9-16-15)11-14-7-10-17(12-14)13(2)3/h13-14,16H,4-12H2,1-3H3. The monoisotopic (exact) mass is 238 g/mol. The van der Waals surface area contributed by atoms with E-state index in [-0.39, 0.29) is 0 Å². The van der Waals surface area contributed by atoms with Gasteiger partial charge in [0, 0.05) is 18.1 Å². The van der Waals surface area contributed by atoms with Crippen LogP contribution in [0.4, 0.5) is 0 Å². The van der Waals surface area contributed by atoms with E-state index in [1.165, 1.54) is 58.2 Å². The van der Waals surface area contributed by atoms with Gasteiger partial charge < -0.3 is 10.2 Å². The van der Waals surface area contributed by atoms with Crippen LogP contribution in [-0.4, -0.2) is 36.1 Å². The molecule has 2 saturated heterocycles. The molecule has 0 aromatic carbocycles. The predicted molar refractivity (Wildman–Crippen MR) is 74.3 cm³/mol. The van der Waals surface area contributed by atoms with Gasteiger partial charge in [0.2, 0.25) is 0 Å². The van der Waals surface area contributed by atoms with E-state index < -0.39 is 0 Å². The maximum atomic E-state index is 3.83. The summed E-state index contributed by atoms with van der Waals surface area (Å²) in [7, 11) is 0. The van der Waals surface area contributed by atoms with Crippen LogP contribution in [0, 0.1) is 5.92 Å². The van der Waals surface area contributed by atoms with Crippen LogP contribution in [0.2, 0.25) is 0 Å². The van der Waals surface area contributed by atoms with E-state index in [1.807, 2.05) is 0 Å². The average molecular weight is 238 g/mol. The van der Waals surface area contributed by atoms with Crippen LogP contribution in [0.15, 0.2) is 0 Å². The Morgan fingerprint density at radius 3 is 2.71 bits per heavy atom. The van der Waals surface area contributed by atoms with Crippen LogP contribution in [0.1, 0.15) is 59.3 Å². The van der Waals surface area contributed by atoms with Crippen LogP contribution in [0.3, 0.4) is 0 Å². The molecule has 2 aliphatic rings. The quantitative estimate of drug-likeness (QED) is 0.810. The molecule has 2 unspecified atom stereocenters. The third-order valence-electron chi connectivity index (χ3n) is 4.99. The van der Waals surface area contributed by atoms with Gasteiger partial charge in [0.25, 0.3) is 0 Å². The lowest BCUT2D eigenvalue weighted by molar-refractivity contribution is 0.187. The van der Waals surface area contributed by atoms with Crippen molar-refractivity contribution in [3.63, 3.8) is 0 Å². The van der Waals surface area contributed by atoms with E-state index in [2.05, 4.69) is 31.0 Å². The minimum Gasteiger partial charge on any atom is -0.311 e. The summed E-state index contributed by atoms with van der Waals surface area (Å²) >= 11 is 0. The number of nitrogens with one attached hydrogen (secondary N) is 1. The summed E-state index contributed by atoms with van der Waals surface area (Å²) in [6, 6.07) is 0.733. The molecule has 2 heteroatoms. The number of nitrogens with zero attached hydrogens (tertiary/aromatic N) is 1. The first kappa shape index (κ1) is 13.4. The first-order chi connectivity index (χ1) is 8.15. The number of piperidine rings is 1. The van der Waals surface area contributed by atoms with E-state index in [0.717, 1.165) is 12.0 Å². The average Bonchev–Trinajstić information content (AvgIpc) is 2.79. The Morgan fingerprint density at radius 1 is 1.35 bits per heavy atom. The van der Waals surface area contributed by atoms with Crippen LogP contribution in [0.5, 0.6) is 0 Å². The molecule has 0 saturated carbocycles. The van der Waals surface area contributed by atoms with E-state index >= 15 is 0 Å². The molecule has 0 aliphatic carbocycles. The van der Waals surface area contributed by atoms with Crippen molar-refractivity contribution in [2.24, 2.45) is 5.92 Å². The molecule has 100 valence electrons. The highest BCUT2D eigenvalue weighted by Gasteiger charge is 2.35. The summed E-state index contributed by atoms with van der Waals surface area (Å²) in [5.74, 6) is 0.933. The van der Waals surface area contributed by atoms with Gasteiger partial charge in [0.1, 0.15) is 0 Å². The summed E-state index contributed by atoms with van der Waals surface area (Å²) in [6.07, 6.45) is 8.35. The smallest absolute Gasteiger partial charge is 0.0182 e. The summed E-state index contributed by atoms with van der Waals surface area (Å²) in [5.41, 5.74) is 0.482. The van der Waals surface area contributed by atoms with Gasteiger partial charge in [-0.25, -0.2) is 0 Å². The highest BCUT2D eigenvalue weighted by Crippen LogP contribution is 2.33. The number of hydrogen-bond acceptors (Lipinski definition) is 2. The van der Waals surface area contributed by atoms with Crippen molar-refractivity contribution in [1.82, 2.24) is 10.2 Å². The molecule has 17 heavy (non-hydrogen) atoms. The van der Waals surface area contributed by atoms with Crippen LogP contribution in [-0.2, 0) is 0 Å². The van der Waals surface area contributed by atoms with Crippen LogP contribution >= 0.6 is 0 Å². The van der Waals surface area contributed by atoms with Crippen molar-refractivity contribution >= 4 is 0 Å². The first-order valence-corrected chi connectivity index (χ1v) is 7.64. The molecule has 2 aliphatic heterocycles.